The van der Waals surface area contributed by atoms with Crippen LogP contribution in [0.15, 0.2) is 84.9 Å². The number of hydrogen-bond donors (Lipinski definition) is 2. The predicted molar refractivity (Wildman–Crippen MR) is 117 cm³/mol. The Morgan fingerprint density at radius 1 is 0.906 bits per heavy atom. The molecule has 1 atom stereocenters. The molecular formula is C25H20F3N3O. The van der Waals surface area contributed by atoms with Gasteiger partial charge in [-0.2, -0.15) is 18.3 Å². The molecule has 7 heteroatoms. The van der Waals surface area contributed by atoms with Crippen molar-refractivity contribution in [2.45, 2.75) is 19.1 Å². The monoisotopic (exact) mass is 435 g/mol. The van der Waals surface area contributed by atoms with E-state index < -0.39 is 11.7 Å². The number of benzene rings is 3. The highest BCUT2D eigenvalue weighted by atomic mass is 19.4. The molecule has 0 fully saturated rings. The third kappa shape index (κ3) is 4.72. The van der Waals surface area contributed by atoms with Crippen molar-refractivity contribution in [3.8, 4) is 22.5 Å². The summed E-state index contributed by atoms with van der Waals surface area (Å²) in [6.07, 6.45) is -4.41. The van der Waals surface area contributed by atoms with Crippen molar-refractivity contribution in [2.24, 2.45) is 0 Å². The molecule has 162 valence electrons. The average molecular weight is 435 g/mol. The van der Waals surface area contributed by atoms with E-state index >= 15 is 0 Å². The molecule has 0 spiro atoms. The molecule has 1 aromatic heterocycles. The number of halogens is 3. The number of aromatic amines is 1. The maximum atomic E-state index is 13.0. The molecule has 1 heterocycles. The lowest BCUT2D eigenvalue weighted by atomic mass is 10.0. The Kier molecular flexibility index (Phi) is 5.81. The van der Waals surface area contributed by atoms with E-state index in [0.717, 1.165) is 23.3 Å². The number of aromatic nitrogens is 2. The molecule has 3 aromatic carbocycles. The molecule has 0 bridgehead atoms. The molecule has 0 aliphatic carbocycles. The highest BCUT2D eigenvalue weighted by molar-refractivity contribution is 5.94. The molecule has 0 saturated carbocycles. The lowest BCUT2D eigenvalue weighted by Gasteiger charge is -2.14. The average Bonchev–Trinajstić information content (AvgIpc) is 3.30. The zero-order valence-electron chi connectivity index (χ0n) is 17.1. The van der Waals surface area contributed by atoms with Crippen molar-refractivity contribution < 1.29 is 18.0 Å². The number of hydrogen-bond acceptors (Lipinski definition) is 2. The van der Waals surface area contributed by atoms with Gasteiger partial charge < -0.3 is 5.32 Å². The van der Waals surface area contributed by atoms with Crippen LogP contribution in [0.4, 0.5) is 13.2 Å². The van der Waals surface area contributed by atoms with Crippen molar-refractivity contribution in [3.05, 3.63) is 102 Å². The van der Waals surface area contributed by atoms with Gasteiger partial charge in [-0.05, 0) is 48.4 Å². The molecule has 0 unspecified atom stereocenters. The molecule has 4 aromatic rings. The Balaban J connectivity index is 1.48. The fourth-order valence-electron chi connectivity index (χ4n) is 3.38. The largest absolute Gasteiger partial charge is 0.416 e. The summed E-state index contributed by atoms with van der Waals surface area (Å²) in [5.41, 5.74) is 2.98. The Morgan fingerprint density at radius 2 is 1.62 bits per heavy atom. The van der Waals surface area contributed by atoms with Crippen LogP contribution in [0.3, 0.4) is 0 Å². The van der Waals surface area contributed by atoms with Gasteiger partial charge in [0.05, 0.1) is 23.0 Å². The van der Waals surface area contributed by atoms with Crippen molar-refractivity contribution in [1.29, 1.82) is 0 Å². The number of H-pyrrole nitrogens is 1. The van der Waals surface area contributed by atoms with E-state index in [9.17, 15) is 18.0 Å². The van der Waals surface area contributed by atoms with Gasteiger partial charge in [-0.3, -0.25) is 9.89 Å². The minimum Gasteiger partial charge on any atom is -0.346 e. The second-order valence-corrected chi connectivity index (χ2v) is 7.43. The molecule has 0 aliphatic heterocycles. The van der Waals surface area contributed by atoms with Gasteiger partial charge in [-0.15, -0.1) is 0 Å². The molecule has 4 nitrogen and oxygen atoms in total. The van der Waals surface area contributed by atoms with Crippen LogP contribution in [-0.4, -0.2) is 16.1 Å². The highest BCUT2D eigenvalue weighted by Crippen LogP contribution is 2.32. The van der Waals surface area contributed by atoms with Crippen LogP contribution in [0.5, 0.6) is 0 Å². The number of nitrogens with zero attached hydrogens (tertiary/aromatic N) is 1. The van der Waals surface area contributed by atoms with E-state index in [-0.39, 0.29) is 11.9 Å². The van der Waals surface area contributed by atoms with Crippen molar-refractivity contribution in [2.75, 3.05) is 0 Å². The summed E-state index contributed by atoms with van der Waals surface area (Å²) in [6, 6.07) is 23.2. The molecule has 4 rings (SSSR count). The van der Waals surface area contributed by atoms with E-state index in [0.29, 0.717) is 22.5 Å². The SMILES string of the molecule is C[C@@H](NC(=O)c1ccc(-c2cc(-c3cccc(C(F)(F)F)c3)n[nH]2)cc1)c1ccccc1. The van der Waals surface area contributed by atoms with Crippen LogP contribution < -0.4 is 5.32 Å². The normalized spacial score (nSPS) is 12.4. The molecule has 32 heavy (non-hydrogen) atoms. The summed E-state index contributed by atoms with van der Waals surface area (Å²) in [5.74, 6) is -0.192. The quantitative estimate of drug-likeness (QED) is 0.389. The Bertz CT molecular complexity index is 1220. The van der Waals surface area contributed by atoms with Gasteiger partial charge in [0.15, 0.2) is 0 Å². The van der Waals surface area contributed by atoms with Crippen LogP contribution in [0.25, 0.3) is 22.5 Å². The van der Waals surface area contributed by atoms with Crippen LogP contribution in [0.1, 0.15) is 34.5 Å². The summed E-state index contributed by atoms with van der Waals surface area (Å²) in [5, 5.41) is 9.96. The lowest BCUT2D eigenvalue weighted by molar-refractivity contribution is -0.137. The third-order valence-electron chi connectivity index (χ3n) is 5.17. The van der Waals surface area contributed by atoms with E-state index in [1.54, 1.807) is 36.4 Å². The van der Waals surface area contributed by atoms with E-state index in [1.165, 1.54) is 6.07 Å². The number of amides is 1. The maximum absolute atomic E-state index is 13.0. The van der Waals surface area contributed by atoms with E-state index in [2.05, 4.69) is 15.5 Å². The zero-order valence-corrected chi connectivity index (χ0v) is 17.1. The summed E-state index contributed by atoms with van der Waals surface area (Å²) in [4.78, 5) is 12.6. The second-order valence-electron chi connectivity index (χ2n) is 7.43. The van der Waals surface area contributed by atoms with Crippen LogP contribution in [0, 0.1) is 0 Å². The topological polar surface area (TPSA) is 57.8 Å². The molecule has 1 amide bonds. The second kappa shape index (κ2) is 8.70. The first-order valence-corrected chi connectivity index (χ1v) is 10.0. The van der Waals surface area contributed by atoms with Crippen molar-refractivity contribution >= 4 is 5.91 Å². The van der Waals surface area contributed by atoms with Crippen molar-refractivity contribution in [1.82, 2.24) is 15.5 Å². The smallest absolute Gasteiger partial charge is 0.346 e. The number of nitrogens with one attached hydrogen (secondary N) is 2. The van der Waals surface area contributed by atoms with Crippen LogP contribution in [-0.2, 0) is 6.18 Å². The first kappa shape index (κ1) is 21.4. The van der Waals surface area contributed by atoms with Gasteiger partial charge >= 0.3 is 6.18 Å². The Hall–Kier alpha value is -3.87. The standard InChI is InChI=1S/C25H20F3N3O/c1-16(17-6-3-2-4-7-17)29-24(32)19-12-10-18(11-13-19)22-15-23(31-30-22)20-8-5-9-21(14-20)25(26,27)28/h2-16H,1H3,(H,29,32)(H,30,31)/t16-/m1/s1. The maximum Gasteiger partial charge on any atom is 0.416 e. The van der Waals surface area contributed by atoms with Gasteiger partial charge in [-0.1, -0.05) is 54.6 Å². The molecule has 0 radical (unpaired) electrons. The molecular weight excluding hydrogens is 415 g/mol. The number of rotatable bonds is 5. The summed E-state index contributed by atoms with van der Waals surface area (Å²) >= 11 is 0. The van der Waals surface area contributed by atoms with Gasteiger partial charge in [0.25, 0.3) is 5.91 Å². The van der Waals surface area contributed by atoms with Gasteiger partial charge in [0.1, 0.15) is 0 Å². The number of alkyl halides is 3. The zero-order chi connectivity index (χ0) is 22.7. The fraction of sp³-hybridized carbons (Fsp3) is 0.120. The minimum atomic E-state index is -4.41. The lowest BCUT2D eigenvalue weighted by Crippen LogP contribution is -2.26. The van der Waals surface area contributed by atoms with Gasteiger partial charge in [0, 0.05) is 11.1 Å². The van der Waals surface area contributed by atoms with Crippen LogP contribution >= 0.6 is 0 Å². The highest BCUT2D eigenvalue weighted by Gasteiger charge is 2.30. The fourth-order valence-corrected chi connectivity index (χ4v) is 3.38. The number of carbonyl (C=O) groups is 1. The summed E-state index contributed by atoms with van der Waals surface area (Å²) in [7, 11) is 0. The Morgan fingerprint density at radius 3 is 2.31 bits per heavy atom. The third-order valence-corrected chi connectivity index (χ3v) is 5.17. The molecule has 2 N–H and O–H groups in total. The van der Waals surface area contributed by atoms with Crippen molar-refractivity contribution in [3.63, 3.8) is 0 Å². The molecule has 0 aliphatic rings. The number of carbonyl (C=O) groups excluding carboxylic acids is 1. The first-order valence-electron chi connectivity index (χ1n) is 10.0. The van der Waals surface area contributed by atoms with E-state index in [1.807, 2.05) is 37.3 Å². The first-order chi connectivity index (χ1) is 15.3. The van der Waals surface area contributed by atoms with Gasteiger partial charge in [-0.25, -0.2) is 0 Å². The summed E-state index contributed by atoms with van der Waals surface area (Å²) in [6.45, 7) is 1.92. The van der Waals surface area contributed by atoms with Crippen LogP contribution in [0.2, 0.25) is 0 Å². The summed E-state index contributed by atoms with van der Waals surface area (Å²) < 4.78 is 38.9. The van der Waals surface area contributed by atoms with E-state index in [4.69, 9.17) is 0 Å². The molecule has 0 saturated heterocycles. The van der Waals surface area contributed by atoms with Gasteiger partial charge in [0.2, 0.25) is 0 Å². The predicted octanol–water partition coefficient (Wildman–Crippen LogP) is 6.25. The Labute approximate surface area is 183 Å². The minimum absolute atomic E-state index is 0.133.